The van der Waals surface area contributed by atoms with Crippen molar-refractivity contribution in [2.75, 3.05) is 39.0 Å². The molecular weight excluding hydrogens is 268 g/mol. The van der Waals surface area contributed by atoms with Crippen LogP contribution in [0.2, 0.25) is 0 Å². The van der Waals surface area contributed by atoms with Crippen LogP contribution in [-0.2, 0) is 14.8 Å². The molecule has 1 fully saturated rings. The maximum atomic E-state index is 11.5. The molecule has 1 unspecified atom stereocenters. The Morgan fingerprint density at radius 2 is 2.16 bits per heavy atom. The molecule has 1 heterocycles. The van der Waals surface area contributed by atoms with Crippen LogP contribution in [-0.4, -0.2) is 67.7 Å². The summed E-state index contributed by atoms with van der Waals surface area (Å²) in [4.78, 5) is 12.7. The first kappa shape index (κ1) is 16.4. The molecule has 0 aromatic heterocycles. The van der Waals surface area contributed by atoms with Gasteiger partial charge in [-0.05, 0) is 25.3 Å². The molecule has 1 N–H and O–H groups in total. The van der Waals surface area contributed by atoms with E-state index in [1.165, 1.54) is 10.6 Å². The molecule has 1 rings (SSSR count). The zero-order chi connectivity index (χ0) is 14.5. The highest BCUT2D eigenvalue weighted by molar-refractivity contribution is 7.88. The maximum absolute atomic E-state index is 11.5. The SMILES string of the molecule is CCN(CCC(=O)O)CC1CCCN(S(C)(=O)=O)C1. The van der Waals surface area contributed by atoms with Gasteiger partial charge in [0.25, 0.3) is 0 Å². The molecule has 6 nitrogen and oxygen atoms in total. The molecule has 7 heteroatoms. The number of carboxylic acid groups (broad SMARTS) is 1. The maximum Gasteiger partial charge on any atom is 0.304 e. The largest absolute Gasteiger partial charge is 0.481 e. The van der Waals surface area contributed by atoms with E-state index < -0.39 is 16.0 Å². The van der Waals surface area contributed by atoms with Crippen molar-refractivity contribution < 1.29 is 18.3 Å². The van der Waals surface area contributed by atoms with E-state index in [9.17, 15) is 13.2 Å². The van der Waals surface area contributed by atoms with Crippen molar-refractivity contribution in [2.24, 2.45) is 5.92 Å². The second kappa shape index (κ2) is 7.21. The van der Waals surface area contributed by atoms with Crippen molar-refractivity contribution >= 4 is 16.0 Å². The van der Waals surface area contributed by atoms with Crippen LogP contribution in [0.1, 0.15) is 26.2 Å². The van der Waals surface area contributed by atoms with Crippen LogP contribution in [0.3, 0.4) is 0 Å². The van der Waals surface area contributed by atoms with Crippen molar-refractivity contribution in [3.05, 3.63) is 0 Å². The quantitative estimate of drug-likeness (QED) is 0.737. The number of hydrogen-bond acceptors (Lipinski definition) is 4. The lowest BCUT2D eigenvalue weighted by atomic mass is 9.99. The number of hydrogen-bond donors (Lipinski definition) is 1. The van der Waals surface area contributed by atoms with Crippen LogP contribution in [0.5, 0.6) is 0 Å². The van der Waals surface area contributed by atoms with Gasteiger partial charge >= 0.3 is 5.97 Å². The summed E-state index contributed by atoms with van der Waals surface area (Å²) in [7, 11) is -3.11. The first-order chi connectivity index (χ1) is 8.82. The summed E-state index contributed by atoms with van der Waals surface area (Å²) in [6.07, 6.45) is 3.28. The lowest BCUT2D eigenvalue weighted by molar-refractivity contribution is -0.137. The Kier molecular flexibility index (Phi) is 6.22. The number of nitrogens with zero attached hydrogens (tertiary/aromatic N) is 2. The van der Waals surface area contributed by atoms with Crippen molar-refractivity contribution in [3.8, 4) is 0 Å². The molecule has 0 aliphatic carbocycles. The Morgan fingerprint density at radius 1 is 1.47 bits per heavy atom. The summed E-state index contributed by atoms with van der Waals surface area (Å²) in [5.41, 5.74) is 0. The highest BCUT2D eigenvalue weighted by atomic mass is 32.2. The molecule has 0 spiro atoms. The minimum absolute atomic E-state index is 0.135. The minimum atomic E-state index is -3.11. The summed E-state index contributed by atoms with van der Waals surface area (Å²) in [6.45, 7) is 5.26. The van der Waals surface area contributed by atoms with Gasteiger partial charge in [0.15, 0.2) is 0 Å². The third kappa shape index (κ3) is 5.88. The molecule has 1 atom stereocenters. The van der Waals surface area contributed by atoms with E-state index in [1.54, 1.807) is 0 Å². The molecule has 0 aromatic rings. The van der Waals surface area contributed by atoms with Crippen LogP contribution in [0.4, 0.5) is 0 Å². The molecule has 1 aliphatic rings. The van der Waals surface area contributed by atoms with Gasteiger partial charge in [0.1, 0.15) is 0 Å². The summed E-state index contributed by atoms with van der Waals surface area (Å²) in [5, 5.41) is 8.70. The summed E-state index contributed by atoms with van der Waals surface area (Å²) < 4.78 is 24.6. The van der Waals surface area contributed by atoms with Crippen molar-refractivity contribution in [1.29, 1.82) is 0 Å². The Hall–Kier alpha value is -0.660. The Bertz CT molecular complexity index is 397. The highest BCUT2D eigenvalue weighted by Gasteiger charge is 2.26. The highest BCUT2D eigenvalue weighted by Crippen LogP contribution is 2.19. The monoisotopic (exact) mass is 292 g/mol. The number of aliphatic carboxylic acids is 1. The fraction of sp³-hybridized carbons (Fsp3) is 0.917. The van der Waals surface area contributed by atoms with E-state index in [-0.39, 0.29) is 6.42 Å². The van der Waals surface area contributed by atoms with E-state index in [4.69, 9.17) is 5.11 Å². The average Bonchev–Trinajstić information content (AvgIpc) is 2.33. The van der Waals surface area contributed by atoms with Gasteiger partial charge in [-0.2, -0.15) is 0 Å². The fourth-order valence-corrected chi connectivity index (χ4v) is 3.42. The number of sulfonamides is 1. The number of carboxylic acids is 1. The zero-order valence-corrected chi connectivity index (χ0v) is 12.5. The number of rotatable bonds is 7. The van der Waals surface area contributed by atoms with Gasteiger partial charge in [-0.3, -0.25) is 4.79 Å². The van der Waals surface area contributed by atoms with Crippen molar-refractivity contribution in [2.45, 2.75) is 26.2 Å². The molecule has 0 amide bonds. The zero-order valence-electron chi connectivity index (χ0n) is 11.7. The summed E-state index contributed by atoms with van der Waals surface area (Å²) in [5.74, 6) is -0.489. The second-order valence-electron chi connectivity index (χ2n) is 5.17. The fourth-order valence-electron chi connectivity index (χ4n) is 2.47. The van der Waals surface area contributed by atoms with Crippen LogP contribution >= 0.6 is 0 Å². The molecule has 1 aliphatic heterocycles. The summed E-state index contributed by atoms with van der Waals surface area (Å²) >= 11 is 0. The van der Waals surface area contributed by atoms with E-state index in [0.717, 1.165) is 25.9 Å². The van der Waals surface area contributed by atoms with E-state index in [1.807, 2.05) is 6.92 Å². The molecule has 0 bridgehead atoms. The van der Waals surface area contributed by atoms with Crippen LogP contribution in [0.15, 0.2) is 0 Å². The number of piperidine rings is 1. The molecule has 0 radical (unpaired) electrons. The Morgan fingerprint density at radius 3 is 2.68 bits per heavy atom. The predicted molar refractivity (Wildman–Crippen MR) is 73.5 cm³/mol. The van der Waals surface area contributed by atoms with Crippen LogP contribution in [0, 0.1) is 5.92 Å². The molecule has 0 aromatic carbocycles. The normalized spacial score (nSPS) is 21.7. The van der Waals surface area contributed by atoms with Crippen LogP contribution in [0.25, 0.3) is 0 Å². The van der Waals surface area contributed by atoms with Gasteiger partial charge in [-0.1, -0.05) is 6.92 Å². The van der Waals surface area contributed by atoms with E-state index >= 15 is 0 Å². The predicted octanol–water partition coefficient (Wildman–Crippen LogP) is 0.455. The van der Waals surface area contributed by atoms with Gasteiger partial charge in [0.2, 0.25) is 10.0 Å². The molecular formula is C12H24N2O4S. The lowest BCUT2D eigenvalue weighted by Crippen LogP contribution is -2.43. The smallest absolute Gasteiger partial charge is 0.304 e. The first-order valence-electron chi connectivity index (χ1n) is 6.72. The van der Waals surface area contributed by atoms with E-state index in [2.05, 4.69) is 4.90 Å². The molecule has 112 valence electrons. The van der Waals surface area contributed by atoms with Crippen molar-refractivity contribution in [1.82, 2.24) is 9.21 Å². The molecule has 19 heavy (non-hydrogen) atoms. The standard InChI is InChI=1S/C12H24N2O4S/c1-3-13(8-6-12(15)16)9-11-5-4-7-14(10-11)19(2,17)18/h11H,3-10H2,1-2H3,(H,15,16). The summed E-state index contributed by atoms with van der Waals surface area (Å²) in [6, 6.07) is 0. The van der Waals surface area contributed by atoms with Gasteiger partial charge < -0.3 is 10.0 Å². The van der Waals surface area contributed by atoms with Crippen molar-refractivity contribution in [3.63, 3.8) is 0 Å². The topological polar surface area (TPSA) is 77.9 Å². The minimum Gasteiger partial charge on any atom is -0.481 e. The van der Waals surface area contributed by atoms with Gasteiger partial charge in [0.05, 0.1) is 12.7 Å². The number of carbonyl (C=O) groups is 1. The average molecular weight is 292 g/mol. The van der Waals surface area contributed by atoms with Gasteiger partial charge in [-0.25, -0.2) is 12.7 Å². The first-order valence-corrected chi connectivity index (χ1v) is 8.57. The molecule has 0 saturated carbocycles. The second-order valence-corrected chi connectivity index (χ2v) is 7.15. The Labute approximate surface area is 115 Å². The van der Waals surface area contributed by atoms with Crippen LogP contribution < -0.4 is 0 Å². The third-order valence-corrected chi connectivity index (χ3v) is 4.83. The van der Waals surface area contributed by atoms with Gasteiger partial charge in [0, 0.05) is 26.2 Å². The van der Waals surface area contributed by atoms with Gasteiger partial charge in [-0.15, -0.1) is 0 Å². The Balaban J connectivity index is 2.48. The lowest BCUT2D eigenvalue weighted by Gasteiger charge is -2.34. The third-order valence-electron chi connectivity index (χ3n) is 3.56. The van der Waals surface area contributed by atoms with E-state index in [0.29, 0.717) is 25.6 Å². The molecule has 1 saturated heterocycles.